The Morgan fingerprint density at radius 3 is 2.76 bits per heavy atom. The zero-order valence-corrected chi connectivity index (χ0v) is 20.9. The van der Waals surface area contributed by atoms with Crippen LogP contribution >= 0.6 is 0 Å². The third kappa shape index (κ3) is 4.77. The van der Waals surface area contributed by atoms with E-state index in [4.69, 9.17) is 14.7 Å². The second-order valence-corrected chi connectivity index (χ2v) is 9.75. The summed E-state index contributed by atoms with van der Waals surface area (Å²) in [5.74, 6) is 1.15. The highest BCUT2D eigenvalue weighted by Crippen LogP contribution is 2.34. The standard InChI is InChI=1S/C27H29FN8O/c1-36(2)7-8-37-19-10-17(9-18(28)11-19)21-13-30-14-24-25(21)33-27(32-24)26-20-12-22(16-3-5-29-6-4-16)31-15-23(20)34-35-26/h9-16,29H,3-8H2,1-2H3,(H,32,33)(H,34,35). The minimum atomic E-state index is -0.374. The van der Waals surface area contributed by atoms with Gasteiger partial charge < -0.3 is 19.9 Å². The molecule has 0 saturated carbocycles. The molecule has 1 aliphatic rings. The van der Waals surface area contributed by atoms with Gasteiger partial charge in [-0.3, -0.25) is 15.1 Å². The summed E-state index contributed by atoms with van der Waals surface area (Å²) in [5.41, 5.74) is 5.47. The largest absolute Gasteiger partial charge is 0.492 e. The van der Waals surface area contributed by atoms with E-state index in [1.165, 1.54) is 12.1 Å². The fraction of sp³-hybridized carbons (Fsp3) is 0.333. The third-order valence-electron chi connectivity index (χ3n) is 6.83. The average molecular weight is 501 g/mol. The van der Waals surface area contributed by atoms with E-state index in [-0.39, 0.29) is 5.82 Å². The van der Waals surface area contributed by atoms with Gasteiger partial charge in [-0.1, -0.05) is 0 Å². The predicted octanol–water partition coefficient (Wildman–Crippen LogP) is 4.11. The first-order valence-electron chi connectivity index (χ1n) is 12.5. The van der Waals surface area contributed by atoms with Gasteiger partial charge in [0.05, 0.1) is 28.9 Å². The molecule has 3 N–H and O–H groups in total. The van der Waals surface area contributed by atoms with Crippen LogP contribution in [0.1, 0.15) is 24.5 Å². The lowest BCUT2D eigenvalue weighted by atomic mass is 9.93. The second kappa shape index (κ2) is 9.87. The zero-order valence-electron chi connectivity index (χ0n) is 20.9. The summed E-state index contributed by atoms with van der Waals surface area (Å²) < 4.78 is 20.3. The molecular weight excluding hydrogens is 471 g/mol. The maximum atomic E-state index is 14.5. The molecule has 10 heteroatoms. The Morgan fingerprint density at radius 2 is 1.92 bits per heavy atom. The predicted molar refractivity (Wildman–Crippen MR) is 141 cm³/mol. The van der Waals surface area contributed by atoms with Gasteiger partial charge in [0.2, 0.25) is 0 Å². The number of likely N-dealkylation sites (N-methyl/N-ethyl adjacent to an activating group) is 1. The van der Waals surface area contributed by atoms with E-state index < -0.39 is 0 Å². The number of nitrogens with zero attached hydrogens (tertiary/aromatic N) is 5. The van der Waals surface area contributed by atoms with Gasteiger partial charge in [-0.05, 0) is 63.8 Å². The number of fused-ring (bicyclic) bond motifs is 2. The highest BCUT2D eigenvalue weighted by atomic mass is 19.1. The van der Waals surface area contributed by atoms with E-state index in [2.05, 4.69) is 31.5 Å². The number of imidazole rings is 1. The molecule has 37 heavy (non-hydrogen) atoms. The van der Waals surface area contributed by atoms with Crippen molar-refractivity contribution >= 4 is 21.9 Å². The molecular formula is C27H29FN8O. The number of ether oxygens (including phenoxy) is 1. The molecule has 1 fully saturated rings. The SMILES string of the molecule is CN(C)CCOc1cc(F)cc(-c2cncc3[nH]c(-c4n[nH]c5cnc(C6CCNCC6)cc45)nc23)c1. The molecule has 0 aliphatic carbocycles. The van der Waals surface area contributed by atoms with Crippen LogP contribution in [0.25, 0.3) is 44.6 Å². The van der Waals surface area contributed by atoms with Gasteiger partial charge in [0.25, 0.3) is 0 Å². The normalized spacial score (nSPS) is 14.7. The summed E-state index contributed by atoms with van der Waals surface area (Å²) in [4.78, 5) is 19.3. The first-order valence-corrected chi connectivity index (χ1v) is 12.5. The fourth-order valence-electron chi connectivity index (χ4n) is 4.86. The number of H-pyrrole nitrogens is 2. The summed E-state index contributed by atoms with van der Waals surface area (Å²) in [7, 11) is 3.94. The Labute approximate surface area is 213 Å². The van der Waals surface area contributed by atoms with E-state index in [0.717, 1.165) is 60.3 Å². The van der Waals surface area contributed by atoms with E-state index in [1.54, 1.807) is 12.4 Å². The molecule has 1 saturated heterocycles. The van der Waals surface area contributed by atoms with Crippen LogP contribution in [0.3, 0.4) is 0 Å². The summed E-state index contributed by atoms with van der Waals surface area (Å²) in [5, 5.41) is 12.0. The van der Waals surface area contributed by atoms with E-state index >= 15 is 0 Å². The Balaban J connectivity index is 1.37. The van der Waals surface area contributed by atoms with Crippen LogP contribution in [-0.2, 0) is 0 Å². The zero-order chi connectivity index (χ0) is 25.4. The van der Waals surface area contributed by atoms with Crippen LogP contribution in [0.15, 0.2) is 42.9 Å². The molecule has 0 amide bonds. The highest BCUT2D eigenvalue weighted by molar-refractivity contribution is 5.96. The quantitative estimate of drug-likeness (QED) is 0.309. The summed E-state index contributed by atoms with van der Waals surface area (Å²) in [6.45, 7) is 3.21. The van der Waals surface area contributed by atoms with Gasteiger partial charge >= 0.3 is 0 Å². The van der Waals surface area contributed by atoms with Crippen molar-refractivity contribution < 1.29 is 9.13 Å². The van der Waals surface area contributed by atoms with Crippen LogP contribution < -0.4 is 10.1 Å². The average Bonchev–Trinajstić information content (AvgIpc) is 3.52. The summed E-state index contributed by atoms with van der Waals surface area (Å²) >= 11 is 0. The van der Waals surface area contributed by atoms with Crippen molar-refractivity contribution in [2.75, 3.05) is 40.3 Å². The lowest BCUT2D eigenvalue weighted by Crippen LogP contribution is -2.27. The van der Waals surface area contributed by atoms with Crippen molar-refractivity contribution in [1.29, 1.82) is 0 Å². The summed E-state index contributed by atoms with van der Waals surface area (Å²) in [6, 6.07) is 6.82. The topological polar surface area (TPSA) is 108 Å². The molecule has 0 bridgehead atoms. The molecule has 190 valence electrons. The number of hydrogen-bond donors (Lipinski definition) is 3. The number of rotatable bonds is 7. The number of piperidine rings is 1. The minimum Gasteiger partial charge on any atom is -0.492 e. The van der Waals surface area contributed by atoms with Crippen molar-refractivity contribution in [3.05, 3.63) is 54.4 Å². The molecule has 5 heterocycles. The van der Waals surface area contributed by atoms with E-state index in [1.807, 2.05) is 31.3 Å². The van der Waals surface area contributed by atoms with Gasteiger partial charge in [-0.2, -0.15) is 5.10 Å². The van der Waals surface area contributed by atoms with Crippen molar-refractivity contribution in [1.82, 2.24) is 40.3 Å². The van der Waals surface area contributed by atoms with E-state index in [0.29, 0.717) is 40.7 Å². The van der Waals surface area contributed by atoms with Gasteiger partial charge in [-0.15, -0.1) is 0 Å². The van der Waals surface area contributed by atoms with Gasteiger partial charge in [0.1, 0.15) is 23.9 Å². The fourth-order valence-corrected chi connectivity index (χ4v) is 4.86. The molecule has 9 nitrogen and oxygen atoms in total. The third-order valence-corrected chi connectivity index (χ3v) is 6.83. The molecule has 1 aromatic carbocycles. The van der Waals surface area contributed by atoms with Crippen LogP contribution in [0.4, 0.5) is 4.39 Å². The molecule has 5 aromatic rings. The maximum Gasteiger partial charge on any atom is 0.159 e. The van der Waals surface area contributed by atoms with Crippen LogP contribution in [0.2, 0.25) is 0 Å². The molecule has 0 unspecified atom stereocenters. The molecule has 0 radical (unpaired) electrons. The smallest absolute Gasteiger partial charge is 0.159 e. The van der Waals surface area contributed by atoms with Crippen LogP contribution in [-0.4, -0.2) is 75.4 Å². The van der Waals surface area contributed by atoms with Crippen molar-refractivity contribution in [3.63, 3.8) is 0 Å². The number of aromatic nitrogens is 6. The van der Waals surface area contributed by atoms with Gasteiger partial charge in [0, 0.05) is 41.4 Å². The van der Waals surface area contributed by atoms with Gasteiger partial charge in [0.15, 0.2) is 5.82 Å². The Bertz CT molecular complexity index is 1550. The number of pyridine rings is 2. The van der Waals surface area contributed by atoms with Crippen LogP contribution in [0, 0.1) is 5.82 Å². The van der Waals surface area contributed by atoms with Crippen molar-refractivity contribution in [2.24, 2.45) is 0 Å². The maximum absolute atomic E-state index is 14.5. The molecule has 0 atom stereocenters. The lowest BCUT2D eigenvalue weighted by molar-refractivity contribution is 0.260. The monoisotopic (exact) mass is 500 g/mol. The van der Waals surface area contributed by atoms with Crippen molar-refractivity contribution in [3.8, 4) is 28.4 Å². The first-order chi connectivity index (χ1) is 18.0. The summed E-state index contributed by atoms with van der Waals surface area (Å²) in [6.07, 6.45) is 7.41. The molecule has 4 aromatic heterocycles. The minimum absolute atomic E-state index is 0.374. The number of nitrogens with one attached hydrogen (secondary N) is 3. The van der Waals surface area contributed by atoms with Gasteiger partial charge in [-0.25, -0.2) is 9.37 Å². The highest BCUT2D eigenvalue weighted by Gasteiger charge is 2.20. The van der Waals surface area contributed by atoms with Crippen molar-refractivity contribution in [2.45, 2.75) is 18.8 Å². The number of benzene rings is 1. The first kappa shape index (κ1) is 23.5. The van der Waals surface area contributed by atoms with E-state index in [9.17, 15) is 4.39 Å². The number of hydrogen-bond acceptors (Lipinski definition) is 7. The Morgan fingerprint density at radius 1 is 1.05 bits per heavy atom. The number of halogens is 1. The van der Waals surface area contributed by atoms with Crippen LogP contribution in [0.5, 0.6) is 5.75 Å². The number of aromatic amines is 2. The lowest BCUT2D eigenvalue weighted by Gasteiger charge is -2.21. The molecule has 0 spiro atoms. The molecule has 1 aliphatic heterocycles. The molecule has 6 rings (SSSR count). The Kier molecular flexibility index (Phi) is 6.27. The second-order valence-electron chi connectivity index (χ2n) is 9.75. The Hall–Kier alpha value is -3.89.